The van der Waals surface area contributed by atoms with Gasteiger partial charge in [-0.3, -0.25) is 14.9 Å². The maximum Gasteiger partial charge on any atom is 0.343 e. The summed E-state index contributed by atoms with van der Waals surface area (Å²) in [6, 6.07) is 15.3. The van der Waals surface area contributed by atoms with E-state index in [1.165, 1.54) is 24.3 Å². The largest absolute Gasteiger partial charge is 0.490 e. The standard InChI is InChI=1S/C28H22N2O8/c1-3-35-23-13-17(7-9-22(23)38-27(33)18-8-10-21-24(14-18)37-15-36-21)12-20-25(31)29-28(34)30(26(20)32)19-6-4-5-16(2)11-19/h4-14H,3,15H2,1-2H3,(H,29,31,34)/b20-12+. The van der Waals surface area contributed by atoms with Crippen LogP contribution in [0, 0.1) is 6.92 Å². The molecule has 0 bridgehead atoms. The Morgan fingerprint density at radius 3 is 2.61 bits per heavy atom. The zero-order chi connectivity index (χ0) is 26.8. The molecule has 0 saturated carbocycles. The molecule has 0 spiro atoms. The van der Waals surface area contributed by atoms with Gasteiger partial charge in [0.15, 0.2) is 23.0 Å². The van der Waals surface area contributed by atoms with Crippen molar-refractivity contribution < 1.29 is 38.1 Å². The molecule has 1 saturated heterocycles. The fourth-order valence-electron chi connectivity index (χ4n) is 3.98. The molecule has 4 amide bonds. The summed E-state index contributed by atoms with van der Waals surface area (Å²) in [5.74, 6) is -0.859. The number of anilines is 1. The molecule has 5 rings (SSSR count). The molecule has 2 aliphatic rings. The number of carbonyl (C=O) groups excluding carboxylic acids is 4. The third kappa shape index (κ3) is 4.79. The Hall–Kier alpha value is -5.12. The van der Waals surface area contributed by atoms with Gasteiger partial charge >= 0.3 is 12.0 Å². The second-order valence-corrected chi connectivity index (χ2v) is 8.39. The number of nitrogens with one attached hydrogen (secondary N) is 1. The third-order valence-electron chi connectivity index (χ3n) is 5.75. The number of aryl methyl sites for hydroxylation is 1. The van der Waals surface area contributed by atoms with E-state index >= 15 is 0 Å². The Labute approximate surface area is 217 Å². The van der Waals surface area contributed by atoms with Crippen LogP contribution >= 0.6 is 0 Å². The normalized spacial score (nSPS) is 15.5. The Balaban J connectivity index is 1.42. The molecular formula is C28H22N2O8. The predicted octanol–water partition coefficient (Wildman–Crippen LogP) is 4.01. The lowest BCUT2D eigenvalue weighted by molar-refractivity contribution is -0.122. The van der Waals surface area contributed by atoms with Crippen LogP contribution in [0.25, 0.3) is 6.08 Å². The first-order valence-electron chi connectivity index (χ1n) is 11.7. The number of carbonyl (C=O) groups is 4. The van der Waals surface area contributed by atoms with Gasteiger partial charge in [0, 0.05) is 0 Å². The molecule has 2 aliphatic heterocycles. The minimum absolute atomic E-state index is 0.0801. The highest BCUT2D eigenvalue weighted by molar-refractivity contribution is 6.39. The van der Waals surface area contributed by atoms with Gasteiger partial charge in [0.25, 0.3) is 11.8 Å². The number of nitrogens with zero attached hydrogens (tertiary/aromatic N) is 1. The smallest absolute Gasteiger partial charge is 0.343 e. The minimum Gasteiger partial charge on any atom is -0.490 e. The van der Waals surface area contributed by atoms with Crippen LogP contribution in [0.2, 0.25) is 0 Å². The number of esters is 1. The molecule has 0 aromatic heterocycles. The van der Waals surface area contributed by atoms with Gasteiger partial charge in [0.05, 0.1) is 17.9 Å². The first-order valence-corrected chi connectivity index (χ1v) is 11.7. The number of amides is 4. The fourth-order valence-corrected chi connectivity index (χ4v) is 3.98. The van der Waals surface area contributed by atoms with E-state index in [4.69, 9.17) is 18.9 Å². The molecule has 3 aromatic rings. The van der Waals surface area contributed by atoms with E-state index in [0.29, 0.717) is 22.7 Å². The van der Waals surface area contributed by atoms with Crippen molar-refractivity contribution in [2.24, 2.45) is 0 Å². The van der Waals surface area contributed by atoms with E-state index in [-0.39, 0.29) is 36.0 Å². The SMILES string of the molecule is CCOc1cc(/C=C2\C(=O)NC(=O)N(c3cccc(C)c3)C2=O)ccc1OC(=O)c1ccc2c(c1)OCO2. The van der Waals surface area contributed by atoms with Gasteiger partial charge in [-0.05, 0) is 73.5 Å². The minimum atomic E-state index is -0.830. The van der Waals surface area contributed by atoms with Gasteiger partial charge in [0.2, 0.25) is 6.79 Å². The van der Waals surface area contributed by atoms with E-state index in [1.54, 1.807) is 43.3 Å². The monoisotopic (exact) mass is 514 g/mol. The summed E-state index contributed by atoms with van der Waals surface area (Å²) in [6.45, 7) is 3.94. The molecule has 1 fully saturated rings. The molecule has 1 N–H and O–H groups in total. The van der Waals surface area contributed by atoms with Crippen molar-refractivity contribution in [3.8, 4) is 23.0 Å². The molecule has 10 nitrogen and oxygen atoms in total. The fraction of sp³-hybridized carbons (Fsp3) is 0.143. The molecule has 0 radical (unpaired) electrons. The van der Waals surface area contributed by atoms with E-state index in [1.807, 2.05) is 13.0 Å². The van der Waals surface area contributed by atoms with Crippen molar-refractivity contribution in [2.75, 3.05) is 18.3 Å². The molecule has 10 heteroatoms. The number of hydrogen-bond donors (Lipinski definition) is 1. The van der Waals surface area contributed by atoms with Crippen LogP contribution in [-0.2, 0) is 9.59 Å². The Morgan fingerprint density at radius 1 is 1.00 bits per heavy atom. The van der Waals surface area contributed by atoms with Crippen molar-refractivity contribution in [1.82, 2.24) is 5.32 Å². The lowest BCUT2D eigenvalue weighted by Crippen LogP contribution is -2.54. The average Bonchev–Trinajstić information content (AvgIpc) is 3.36. The van der Waals surface area contributed by atoms with Crippen LogP contribution in [0.15, 0.2) is 66.2 Å². The summed E-state index contributed by atoms with van der Waals surface area (Å²) in [5, 5.41) is 2.20. The van der Waals surface area contributed by atoms with Gasteiger partial charge in [0.1, 0.15) is 5.57 Å². The van der Waals surface area contributed by atoms with E-state index in [9.17, 15) is 19.2 Å². The number of rotatable bonds is 6. The highest BCUT2D eigenvalue weighted by atomic mass is 16.7. The molecular weight excluding hydrogens is 492 g/mol. The zero-order valence-electron chi connectivity index (χ0n) is 20.5. The molecule has 3 aromatic carbocycles. The van der Waals surface area contributed by atoms with Gasteiger partial charge < -0.3 is 18.9 Å². The van der Waals surface area contributed by atoms with Crippen LogP contribution in [0.4, 0.5) is 10.5 Å². The quantitative estimate of drug-likeness (QED) is 0.227. The molecule has 2 heterocycles. The highest BCUT2D eigenvalue weighted by Gasteiger charge is 2.36. The summed E-state index contributed by atoms with van der Waals surface area (Å²) in [5.41, 5.74) is 1.63. The van der Waals surface area contributed by atoms with Crippen molar-refractivity contribution >= 4 is 35.6 Å². The summed E-state index contributed by atoms with van der Waals surface area (Å²) >= 11 is 0. The average molecular weight is 514 g/mol. The Kier molecular flexibility index (Phi) is 6.53. The molecule has 38 heavy (non-hydrogen) atoms. The maximum absolute atomic E-state index is 13.2. The van der Waals surface area contributed by atoms with E-state index in [2.05, 4.69) is 5.32 Å². The van der Waals surface area contributed by atoms with Gasteiger partial charge in [-0.25, -0.2) is 14.5 Å². The van der Waals surface area contributed by atoms with Gasteiger partial charge in [-0.15, -0.1) is 0 Å². The van der Waals surface area contributed by atoms with Crippen molar-refractivity contribution in [3.05, 3.63) is 82.9 Å². The Morgan fingerprint density at radius 2 is 1.82 bits per heavy atom. The predicted molar refractivity (Wildman–Crippen MR) is 135 cm³/mol. The number of fused-ring (bicyclic) bond motifs is 1. The maximum atomic E-state index is 13.2. The van der Waals surface area contributed by atoms with Crippen LogP contribution in [0.1, 0.15) is 28.4 Å². The topological polar surface area (TPSA) is 120 Å². The number of ether oxygens (including phenoxy) is 4. The lowest BCUT2D eigenvalue weighted by atomic mass is 10.1. The summed E-state index contributed by atoms with van der Waals surface area (Å²) < 4.78 is 21.8. The van der Waals surface area contributed by atoms with Crippen molar-refractivity contribution in [1.29, 1.82) is 0 Å². The number of benzene rings is 3. The first kappa shape index (κ1) is 24.6. The molecule has 192 valence electrons. The highest BCUT2D eigenvalue weighted by Crippen LogP contribution is 2.34. The second kappa shape index (κ2) is 10.1. The summed E-state index contributed by atoms with van der Waals surface area (Å²) in [7, 11) is 0. The van der Waals surface area contributed by atoms with E-state index < -0.39 is 23.8 Å². The number of imide groups is 2. The molecule has 0 atom stereocenters. The van der Waals surface area contributed by atoms with Crippen LogP contribution in [0.5, 0.6) is 23.0 Å². The second-order valence-electron chi connectivity index (χ2n) is 8.39. The number of hydrogen-bond acceptors (Lipinski definition) is 8. The lowest BCUT2D eigenvalue weighted by Gasteiger charge is -2.26. The summed E-state index contributed by atoms with van der Waals surface area (Å²) in [6.07, 6.45) is 1.35. The zero-order valence-corrected chi connectivity index (χ0v) is 20.5. The Bertz CT molecular complexity index is 1510. The first-order chi connectivity index (χ1) is 18.3. The van der Waals surface area contributed by atoms with Crippen LogP contribution < -0.4 is 29.2 Å². The molecule has 0 unspecified atom stereocenters. The van der Waals surface area contributed by atoms with Gasteiger partial charge in [-0.1, -0.05) is 18.2 Å². The third-order valence-corrected chi connectivity index (χ3v) is 5.75. The van der Waals surface area contributed by atoms with Crippen LogP contribution in [-0.4, -0.2) is 37.2 Å². The van der Waals surface area contributed by atoms with Crippen molar-refractivity contribution in [2.45, 2.75) is 13.8 Å². The number of barbiturate groups is 1. The van der Waals surface area contributed by atoms with Crippen molar-refractivity contribution in [3.63, 3.8) is 0 Å². The number of urea groups is 1. The van der Waals surface area contributed by atoms with Crippen LogP contribution in [0.3, 0.4) is 0 Å². The summed E-state index contributed by atoms with van der Waals surface area (Å²) in [4.78, 5) is 51.9. The van der Waals surface area contributed by atoms with Gasteiger partial charge in [-0.2, -0.15) is 0 Å². The van der Waals surface area contributed by atoms with E-state index in [0.717, 1.165) is 10.5 Å². The molecule has 0 aliphatic carbocycles.